The molecule has 2 aromatic carbocycles. The van der Waals surface area contributed by atoms with Crippen LogP contribution in [0.1, 0.15) is 33.5 Å². The van der Waals surface area contributed by atoms with Crippen molar-refractivity contribution in [2.24, 2.45) is 0 Å². The van der Waals surface area contributed by atoms with E-state index in [4.69, 9.17) is 4.74 Å². The Morgan fingerprint density at radius 1 is 1.05 bits per heavy atom. The largest absolute Gasteiger partial charge is 0.496 e. The number of aryl methyl sites for hydroxylation is 2. The lowest BCUT2D eigenvalue weighted by atomic mass is 9.98. The first kappa shape index (κ1) is 14.3. The third-order valence-corrected chi connectivity index (χ3v) is 3.68. The number of ether oxygens (including phenoxy) is 1. The van der Waals surface area contributed by atoms with Crippen LogP contribution in [0, 0.1) is 13.8 Å². The molecule has 0 aliphatic carbocycles. The highest BCUT2D eigenvalue weighted by Gasteiger charge is 2.11. The van der Waals surface area contributed by atoms with Crippen LogP contribution in [0.25, 0.3) is 0 Å². The number of benzene rings is 2. The predicted octanol–water partition coefficient (Wildman–Crippen LogP) is 4.13. The molecule has 0 fully saturated rings. The number of carbonyl (C=O) groups excluding carboxylic acids is 1. The van der Waals surface area contributed by atoms with Crippen molar-refractivity contribution in [2.75, 3.05) is 7.11 Å². The topological polar surface area (TPSA) is 26.3 Å². The van der Waals surface area contributed by atoms with Crippen molar-refractivity contribution >= 4 is 5.78 Å². The maximum atomic E-state index is 12.1. The molecule has 0 saturated heterocycles. The van der Waals surface area contributed by atoms with Crippen LogP contribution in [-0.2, 0) is 6.42 Å². The Balaban J connectivity index is 2.12. The van der Waals surface area contributed by atoms with E-state index in [0.717, 1.165) is 22.4 Å². The summed E-state index contributed by atoms with van der Waals surface area (Å²) in [6.07, 6.45) is 1.21. The Labute approximate surface area is 120 Å². The second-order valence-electron chi connectivity index (χ2n) is 4.99. The van der Waals surface area contributed by atoms with Gasteiger partial charge in [-0.25, -0.2) is 0 Å². The molecule has 0 spiro atoms. The fourth-order valence-electron chi connectivity index (χ4n) is 2.34. The van der Waals surface area contributed by atoms with Crippen LogP contribution in [0.5, 0.6) is 5.75 Å². The molecule has 0 aromatic heterocycles. The number of ketones is 1. The Morgan fingerprint density at radius 2 is 1.75 bits per heavy atom. The zero-order valence-corrected chi connectivity index (χ0v) is 12.3. The van der Waals surface area contributed by atoms with E-state index in [0.29, 0.717) is 12.8 Å². The van der Waals surface area contributed by atoms with Gasteiger partial charge in [0.1, 0.15) is 5.75 Å². The summed E-state index contributed by atoms with van der Waals surface area (Å²) in [5.41, 5.74) is 4.23. The molecule has 2 heteroatoms. The monoisotopic (exact) mass is 268 g/mol. The first-order valence-electron chi connectivity index (χ1n) is 6.84. The maximum absolute atomic E-state index is 12.1. The first-order chi connectivity index (χ1) is 9.63. The summed E-state index contributed by atoms with van der Waals surface area (Å²) in [7, 11) is 1.68. The summed E-state index contributed by atoms with van der Waals surface area (Å²) < 4.78 is 5.48. The van der Waals surface area contributed by atoms with Crippen molar-refractivity contribution in [1.29, 1.82) is 0 Å². The van der Waals surface area contributed by atoms with E-state index >= 15 is 0 Å². The lowest BCUT2D eigenvalue weighted by molar-refractivity contribution is 0.0982. The van der Waals surface area contributed by atoms with Crippen LogP contribution in [-0.4, -0.2) is 12.9 Å². The SMILES string of the molecule is COc1c(CCC(=O)c2ccccc2)ccc(C)c1C. The molecule has 104 valence electrons. The van der Waals surface area contributed by atoms with Crippen LogP contribution in [0.3, 0.4) is 0 Å². The predicted molar refractivity (Wildman–Crippen MR) is 81.6 cm³/mol. The number of Topliss-reactive ketones (excluding diaryl/α,β-unsaturated/α-hetero) is 1. The number of rotatable bonds is 5. The minimum Gasteiger partial charge on any atom is -0.496 e. The van der Waals surface area contributed by atoms with Gasteiger partial charge in [-0.1, -0.05) is 42.5 Å². The van der Waals surface area contributed by atoms with Gasteiger partial charge in [-0.05, 0) is 37.0 Å². The molecule has 2 rings (SSSR count). The van der Waals surface area contributed by atoms with Crippen molar-refractivity contribution in [3.05, 3.63) is 64.7 Å². The number of methoxy groups -OCH3 is 1. The fraction of sp³-hybridized carbons (Fsp3) is 0.278. The molecule has 0 bridgehead atoms. The quantitative estimate of drug-likeness (QED) is 0.762. The zero-order valence-electron chi connectivity index (χ0n) is 12.3. The molecule has 2 nitrogen and oxygen atoms in total. The van der Waals surface area contributed by atoms with Gasteiger partial charge in [0, 0.05) is 12.0 Å². The van der Waals surface area contributed by atoms with Crippen molar-refractivity contribution < 1.29 is 9.53 Å². The first-order valence-corrected chi connectivity index (χ1v) is 6.84. The van der Waals surface area contributed by atoms with Gasteiger partial charge in [-0.2, -0.15) is 0 Å². The second kappa shape index (κ2) is 6.38. The average molecular weight is 268 g/mol. The Morgan fingerprint density at radius 3 is 2.40 bits per heavy atom. The van der Waals surface area contributed by atoms with Crippen LogP contribution in [0.4, 0.5) is 0 Å². The Kier molecular flexibility index (Phi) is 4.57. The molecule has 0 amide bonds. The molecule has 0 radical (unpaired) electrons. The van der Waals surface area contributed by atoms with Crippen molar-refractivity contribution in [1.82, 2.24) is 0 Å². The highest BCUT2D eigenvalue weighted by atomic mass is 16.5. The number of hydrogen-bond donors (Lipinski definition) is 0. The van der Waals surface area contributed by atoms with Gasteiger partial charge in [0.25, 0.3) is 0 Å². The standard InChI is InChI=1S/C18H20O2/c1-13-9-10-16(18(20-3)14(13)2)11-12-17(19)15-7-5-4-6-8-15/h4-10H,11-12H2,1-3H3. The average Bonchev–Trinajstić information content (AvgIpc) is 2.49. The van der Waals surface area contributed by atoms with E-state index in [1.165, 1.54) is 5.56 Å². The number of carbonyl (C=O) groups is 1. The summed E-state index contributed by atoms with van der Waals surface area (Å²) in [5.74, 6) is 1.08. The summed E-state index contributed by atoms with van der Waals surface area (Å²) in [6.45, 7) is 4.12. The molecule has 2 aromatic rings. The maximum Gasteiger partial charge on any atom is 0.163 e. The van der Waals surface area contributed by atoms with E-state index in [1.807, 2.05) is 30.3 Å². The molecular weight excluding hydrogens is 248 g/mol. The van der Waals surface area contributed by atoms with Gasteiger partial charge in [-0.15, -0.1) is 0 Å². The third-order valence-electron chi connectivity index (χ3n) is 3.68. The molecule has 0 heterocycles. The third kappa shape index (κ3) is 3.08. The van der Waals surface area contributed by atoms with E-state index in [-0.39, 0.29) is 5.78 Å². The molecule has 0 aliphatic rings. The van der Waals surface area contributed by atoms with E-state index in [9.17, 15) is 4.79 Å². The molecule has 0 atom stereocenters. The van der Waals surface area contributed by atoms with Gasteiger partial charge < -0.3 is 4.74 Å². The van der Waals surface area contributed by atoms with Crippen LogP contribution in [0.15, 0.2) is 42.5 Å². The second-order valence-corrected chi connectivity index (χ2v) is 4.99. The van der Waals surface area contributed by atoms with Crippen LogP contribution in [0.2, 0.25) is 0 Å². The molecule has 0 aliphatic heterocycles. The van der Waals surface area contributed by atoms with Crippen LogP contribution < -0.4 is 4.74 Å². The van der Waals surface area contributed by atoms with E-state index < -0.39 is 0 Å². The zero-order chi connectivity index (χ0) is 14.5. The highest BCUT2D eigenvalue weighted by molar-refractivity contribution is 5.96. The van der Waals surface area contributed by atoms with Gasteiger partial charge in [0.15, 0.2) is 5.78 Å². The highest BCUT2D eigenvalue weighted by Crippen LogP contribution is 2.27. The normalized spacial score (nSPS) is 10.3. The smallest absolute Gasteiger partial charge is 0.163 e. The summed E-state index contributed by atoms with van der Waals surface area (Å²) in [6, 6.07) is 13.6. The van der Waals surface area contributed by atoms with Gasteiger partial charge in [-0.3, -0.25) is 4.79 Å². The Hall–Kier alpha value is -2.09. The van der Waals surface area contributed by atoms with Crippen molar-refractivity contribution in [2.45, 2.75) is 26.7 Å². The van der Waals surface area contributed by atoms with Crippen LogP contribution >= 0.6 is 0 Å². The Bertz CT molecular complexity index is 600. The summed E-state index contributed by atoms with van der Waals surface area (Å²) >= 11 is 0. The molecule has 0 unspecified atom stereocenters. The van der Waals surface area contributed by atoms with Gasteiger partial charge in [0.05, 0.1) is 7.11 Å². The van der Waals surface area contributed by atoms with E-state index in [1.54, 1.807) is 7.11 Å². The molecular formula is C18H20O2. The molecule has 0 saturated carbocycles. The minimum absolute atomic E-state index is 0.172. The van der Waals surface area contributed by atoms with Gasteiger partial charge in [0.2, 0.25) is 0 Å². The summed E-state index contributed by atoms with van der Waals surface area (Å²) in [4.78, 5) is 12.1. The molecule has 0 N–H and O–H groups in total. The van der Waals surface area contributed by atoms with Gasteiger partial charge >= 0.3 is 0 Å². The molecule has 20 heavy (non-hydrogen) atoms. The van der Waals surface area contributed by atoms with Crippen molar-refractivity contribution in [3.8, 4) is 5.75 Å². The number of hydrogen-bond acceptors (Lipinski definition) is 2. The van der Waals surface area contributed by atoms with Crippen molar-refractivity contribution in [3.63, 3.8) is 0 Å². The van der Waals surface area contributed by atoms with E-state index in [2.05, 4.69) is 26.0 Å². The lowest BCUT2D eigenvalue weighted by Crippen LogP contribution is -2.03. The fourth-order valence-corrected chi connectivity index (χ4v) is 2.34. The lowest BCUT2D eigenvalue weighted by Gasteiger charge is -2.13. The minimum atomic E-state index is 0.172. The summed E-state index contributed by atoms with van der Waals surface area (Å²) in [5, 5.41) is 0.